The van der Waals surface area contributed by atoms with Crippen LogP contribution in [0.2, 0.25) is 0 Å². The van der Waals surface area contributed by atoms with Crippen molar-refractivity contribution in [3.8, 4) is 5.75 Å². The minimum Gasteiger partial charge on any atom is -0.484 e. The third kappa shape index (κ3) is 8.88. The number of aromatic nitrogens is 1. The van der Waals surface area contributed by atoms with Crippen molar-refractivity contribution in [2.24, 2.45) is 5.92 Å². The summed E-state index contributed by atoms with van der Waals surface area (Å²) < 4.78 is 11.7. The highest BCUT2D eigenvalue weighted by Gasteiger charge is 2.40. The largest absolute Gasteiger partial charge is 0.484 e. The van der Waals surface area contributed by atoms with Gasteiger partial charge in [0.05, 0.1) is 18.4 Å². The van der Waals surface area contributed by atoms with Gasteiger partial charge in [-0.25, -0.2) is 0 Å². The van der Waals surface area contributed by atoms with Gasteiger partial charge in [-0.05, 0) is 68.4 Å². The molecule has 2 saturated heterocycles. The molecule has 0 saturated carbocycles. The molecule has 0 spiro atoms. The maximum atomic E-state index is 13.9. The number of nitrogens with zero attached hydrogens (tertiary/aromatic N) is 3. The number of hydrogen-bond donors (Lipinski definition) is 3. The molecular formula is C35H46N6O7. The monoisotopic (exact) mass is 662 g/mol. The molecule has 2 bridgehead atoms. The van der Waals surface area contributed by atoms with E-state index < -0.39 is 41.9 Å². The molecule has 1 aromatic heterocycles. The number of carbonyl (C=O) groups is 5. The number of ether oxygens (including phenoxy) is 2. The molecule has 4 atom stereocenters. The Bertz CT molecular complexity index is 1450. The summed E-state index contributed by atoms with van der Waals surface area (Å²) in [5.74, 6) is -1.78. The molecule has 5 heterocycles. The number of piperidine rings is 1. The average Bonchev–Trinajstić information content (AvgIpc) is 3.59. The molecule has 6 rings (SSSR count). The van der Waals surface area contributed by atoms with Crippen LogP contribution in [0.4, 0.5) is 0 Å². The van der Waals surface area contributed by atoms with E-state index in [2.05, 4.69) is 20.9 Å². The van der Waals surface area contributed by atoms with Crippen molar-refractivity contribution in [1.29, 1.82) is 0 Å². The van der Waals surface area contributed by atoms with Crippen molar-refractivity contribution in [2.75, 3.05) is 26.2 Å². The Morgan fingerprint density at radius 3 is 2.40 bits per heavy atom. The number of pyridine rings is 1. The van der Waals surface area contributed by atoms with Crippen molar-refractivity contribution in [1.82, 2.24) is 30.7 Å². The number of nitrogens with one attached hydrogen (secondary N) is 3. The van der Waals surface area contributed by atoms with Gasteiger partial charge in [-0.2, -0.15) is 0 Å². The Kier molecular flexibility index (Phi) is 11.6. The molecule has 13 heteroatoms. The van der Waals surface area contributed by atoms with Crippen LogP contribution in [-0.4, -0.2) is 101 Å². The lowest BCUT2D eigenvalue weighted by Gasteiger charge is -2.34. The van der Waals surface area contributed by atoms with Gasteiger partial charge in [0.2, 0.25) is 23.6 Å². The summed E-state index contributed by atoms with van der Waals surface area (Å²) >= 11 is 0. The molecule has 3 N–H and O–H groups in total. The minimum absolute atomic E-state index is 0.0112. The number of hydrogen-bond acceptors (Lipinski definition) is 8. The molecule has 1 aromatic carbocycles. The highest BCUT2D eigenvalue weighted by Crippen LogP contribution is 2.22. The number of amides is 5. The molecule has 258 valence electrons. The molecule has 5 amide bonds. The predicted octanol–water partition coefficient (Wildman–Crippen LogP) is 1.35. The number of fused-ring (bicyclic) bond motifs is 13. The van der Waals surface area contributed by atoms with Gasteiger partial charge in [-0.3, -0.25) is 29.0 Å². The molecule has 4 aliphatic rings. The number of likely N-dealkylation sites (tertiary alicyclic amines) is 1. The topological polar surface area (TPSA) is 159 Å². The third-order valence-electron chi connectivity index (χ3n) is 9.13. The van der Waals surface area contributed by atoms with Gasteiger partial charge in [-0.1, -0.05) is 32.0 Å². The van der Waals surface area contributed by atoms with Crippen molar-refractivity contribution < 1.29 is 33.4 Å². The van der Waals surface area contributed by atoms with E-state index in [0.717, 1.165) is 11.3 Å². The molecule has 2 fully saturated rings. The van der Waals surface area contributed by atoms with Crippen molar-refractivity contribution in [2.45, 2.75) is 89.8 Å². The second-order valence-electron chi connectivity index (χ2n) is 13.1. The maximum Gasteiger partial charge on any atom is 0.258 e. The van der Waals surface area contributed by atoms with Crippen LogP contribution in [0.3, 0.4) is 0 Å². The van der Waals surface area contributed by atoms with Gasteiger partial charge >= 0.3 is 0 Å². The molecule has 4 aliphatic heterocycles. The van der Waals surface area contributed by atoms with Crippen LogP contribution in [0, 0.1) is 5.92 Å². The maximum absolute atomic E-state index is 13.9. The summed E-state index contributed by atoms with van der Waals surface area (Å²) in [6.45, 7) is 6.63. The van der Waals surface area contributed by atoms with Crippen LogP contribution >= 0.6 is 0 Å². The van der Waals surface area contributed by atoms with Gasteiger partial charge < -0.3 is 35.2 Å². The first kappa shape index (κ1) is 34.8. The lowest BCUT2D eigenvalue weighted by molar-refractivity contribution is -0.143. The fourth-order valence-corrected chi connectivity index (χ4v) is 6.34. The Balaban J connectivity index is 1.30. The quantitative estimate of drug-likeness (QED) is 0.433. The Morgan fingerprint density at radius 2 is 1.71 bits per heavy atom. The van der Waals surface area contributed by atoms with E-state index in [4.69, 9.17) is 9.47 Å². The van der Waals surface area contributed by atoms with Crippen molar-refractivity contribution >= 4 is 29.5 Å². The number of rotatable bonds is 5. The number of carbonyl (C=O) groups excluding carboxylic acids is 5. The summed E-state index contributed by atoms with van der Waals surface area (Å²) in [5.41, 5.74) is 1.63. The van der Waals surface area contributed by atoms with E-state index >= 15 is 0 Å². The van der Waals surface area contributed by atoms with Crippen LogP contribution in [0.5, 0.6) is 5.75 Å². The van der Waals surface area contributed by atoms with E-state index in [1.54, 1.807) is 42.3 Å². The second kappa shape index (κ2) is 16.1. The van der Waals surface area contributed by atoms with E-state index in [-0.39, 0.29) is 36.9 Å². The third-order valence-corrected chi connectivity index (χ3v) is 9.13. The van der Waals surface area contributed by atoms with E-state index in [0.29, 0.717) is 57.7 Å². The fourth-order valence-electron chi connectivity index (χ4n) is 6.34. The van der Waals surface area contributed by atoms with Gasteiger partial charge in [-0.15, -0.1) is 0 Å². The first-order chi connectivity index (χ1) is 23.1. The normalized spacial score (nSPS) is 24.9. The molecule has 0 radical (unpaired) electrons. The molecule has 0 unspecified atom stereocenters. The van der Waals surface area contributed by atoms with Crippen LogP contribution in [0.1, 0.15) is 57.7 Å². The zero-order valence-electron chi connectivity index (χ0n) is 27.9. The van der Waals surface area contributed by atoms with Crippen molar-refractivity contribution in [3.05, 3.63) is 59.9 Å². The van der Waals surface area contributed by atoms with Gasteiger partial charge in [0.1, 0.15) is 29.9 Å². The molecule has 13 nitrogen and oxygen atoms in total. The van der Waals surface area contributed by atoms with Crippen molar-refractivity contribution in [3.63, 3.8) is 0 Å². The molecule has 2 aromatic rings. The van der Waals surface area contributed by atoms with Crippen LogP contribution < -0.4 is 20.7 Å². The van der Waals surface area contributed by atoms with Gasteiger partial charge in [0.15, 0.2) is 6.61 Å². The van der Waals surface area contributed by atoms with Gasteiger partial charge in [0, 0.05) is 32.3 Å². The Hall–Kier alpha value is -4.52. The summed E-state index contributed by atoms with van der Waals surface area (Å²) in [4.78, 5) is 74.7. The van der Waals surface area contributed by atoms with Crippen LogP contribution in [0.15, 0.2) is 48.7 Å². The standard InChI is InChI=1S/C35H46N6O7/c1-22(2)31-35(46)41-16-6-8-29(41)33(44)37-23(3)32(43)38-28(19-24-9-11-26(12-10-24)48-21-30(42)39-31)34(45)40-17-13-27(14-18-40)47-20-25-7-4-5-15-36-25/h4-5,7,9-12,15,22-23,27-29,31H,6,8,13-14,16-21H2,1-3H3,(H,37,44)(H,38,43)(H,39,42)/t23-,28-,29-,31+/m0/s1. The second-order valence-corrected chi connectivity index (χ2v) is 13.1. The number of benzene rings is 1. The van der Waals surface area contributed by atoms with E-state index in [9.17, 15) is 24.0 Å². The summed E-state index contributed by atoms with van der Waals surface area (Å²) in [5, 5.41) is 8.42. The molecular weight excluding hydrogens is 616 g/mol. The Morgan fingerprint density at radius 1 is 0.958 bits per heavy atom. The lowest BCUT2D eigenvalue weighted by atomic mass is 10.0. The Labute approximate surface area is 281 Å². The van der Waals surface area contributed by atoms with Crippen LogP contribution in [-0.2, 0) is 41.7 Å². The summed E-state index contributed by atoms with van der Waals surface area (Å²) in [7, 11) is 0. The first-order valence-electron chi connectivity index (χ1n) is 16.8. The highest BCUT2D eigenvalue weighted by atomic mass is 16.5. The SMILES string of the molecule is CC(C)[C@H]1NC(=O)COc2ccc(cc2)C[C@@H](C(=O)N2CCC(OCc3ccccn3)CC2)NC(=O)[C@H](C)NC(=O)[C@@H]2CCCN2C1=O. The molecule has 0 aliphatic carbocycles. The van der Waals surface area contributed by atoms with E-state index in [1.807, 2.05) is 32.0 Å². The summed E-state index contributed by atoms with van der Waals surface area (Å²) in [6.07, 6.45) is 4.28. The molecule has 48 heavy (non-hydrogen) atoms. The average molecular weight is 663 g/mol. The lowest BCUT2D eigenvalue weighted by Crippen LogP contribution is -2.58. The summed E-state index contributed by atoms with van der Waals surface area (Å²) in [6, 6.07) is 9.17. The zero-order valence-corrected chi connectivity index (χ0v) is 27.9. The smallest absolute Gasteiger partial charge is 0.258 e. The van der Waals surface area contributed by atoms with Gasteiger partial charge in [0.25, 0.3) is 5.91 Å². The fraction of sp³-hybridized carbons (Fsp3) is 0.543. The predicted molar refractivity (Wildman–Crippen MR) is 175 cm³/mol. The van der Waals surface area contributed by atoms with E-state index in [1.165, 1.54) is 4.90 Å². The first-order valence-corrected chi connectivity index (χ1v) is 16.8. The minimum atomic E-state index is -0.963. The van der Waals surface area contributed by atoms with Crippen LogP contribution in [0.25, 0.3) is 0 Å². The highest BCUT2D eigenvalue weighted by molar-refractivity contribution is 5.96. The zero-order chi connectivity index (χ0) is 34.2.